The number of hydrogen-bond donors (Lipinski definition) is 1. The maximum atomic E-state index is 3.77. The van der Waals surface area contributed by atoms with Crippen LogP contribution in [0.25, 0.3) is 0 Å². The Balaban J connectivity index is 1.66. The Bertz CT molecular complexity index is 206. The van der Waals surface area contributed by atoms with Crippen molar-refractivity contribution in [3.8, 4) is 0 Å². The summed E-state index contributed by atoms with van der Waals surface area (Å²) < 4.78 is 0. The molecule has 13 heavy (non-hydrogen) atoms. The van der Waals surface area contributed by atoms with E-state index < -0.39 is 0 Å². The van der Waals surface area contributed by atoms with Gasteiger partial charge in [0.05, 0.1) is 0 Å². The van der Waals surface area contributed by atoms with E-state index in [2.05, 4.69) is 10.2 Å². The molecule has 0 amide bonds. The van der Waals surface area contributed by atoms with Crippen LogP contribution in [0.3, 0.4) is 0 Å². The molecule has 4 aliphatic heterocycles. The van der Waals surface area contributed by atoms with Crippen LogP contribution in [0.15, 0.2) is 0 Å². The lowest BCUT2D eigenvalue weighted by atomic mass is 9.74. The quantitative estimate of drug-likeness (QED) is 0.647. The first-order valence-corrected chi connectivity index (χ1v) is 5.93. The first-order chi connectivity index (χ1) is 6.40. The minimum absolute atomic E-state index is 0.887. The van der Waals surface area contributed by atoms with E-state index in [1.165, 1.54) is 38.5 Å². The average molecular weight is 178 g/mol. The van der Waals surface area contributed by atoms with Gasteiger partial charge in [-0.3, -0.25) is 4.90 Å². The molecule has 72 valence electrons. The Hall–Kier alpha value is -0.0800. The number of rotatable bonds is 1. The van der Waals surface area contributed by atoms with Gasteiger partial charge < -0.3 is 5.32 Å². The minimum atomic E-state index is 0.887. The molecule has 0 radical (unpaired) electrons. The molecule has 2 heteroatoms. The Kier molecular flexibility index (Phi) is 1.28. The molecular weight excluding hydrogens is 160 g/mol. The van der Waals surface area contributed by atoms with Crippen molar-refractivity contribution >= 4 is 0 Å². The number of nitrogens with one attached hydrogen (secondary N) is 1. The topological polar surface area (TPSA) is 15.3 Å². The first kappa shape index (κ1) is 7.24. The molecule has 4 bridgehead atoms. The first-order valence-electron chi connectivity index (χ1n) is 5.93. The number of hydrogen-bond acceptors (Lipinski definition) is 2. The molecule has 0 aromatic rings. The van der Waals surface area contributed by atoms with E-state index in [1.807, 2.05) is 0 Å². The standard InChI is InChI=1S/C11H18N2/c1-2-9(1)13-10-3-7-4-11(13)6-8(5-10)12-7/h7-12H,1-6H2. The normalized spacial score (nSPS) is 54.5. The molecule has 2 nitrogen and oxygen atoms in total. The summed E-state index contributed by atoms with van der Waals surface area (Å²) in [7, 11) is 0. The van der Waals surface area contributed by atoms with Crippen molar-refractivity contribution in [1.29, 1.82) is 0 Å². The van der Waals surface area contributed by atoms with Gasteiger partial charge in [-0.25, -0.2) is 0 Å². The van der Waals surface area contributed by atoms with Gasteiger partial charge in [-0.15, -0.1) is 0 Å². The average Bonchev–Trinajstić information content (AvgIpc) is 2.85. The summed E-state index contributed by atoms with van der Waals surface area (Å²) in [6.45, 7) is 0. The second-order valence-corrected chi connectivity index (χ2v) is 5.49. The van der Waals surface area contributed by atoms with E-state index in [4.69, 9.17) is 0 Å². The van der Waals surface area contributed by atoms with Crippen LogP contribution in [0, 0.1) is 0 Å². The molecule has 5 fully saturated rings. The predicted octanol–water partition coefficient (Wildman–Crippen LogP) is 1.12. The molecule has 0 aromatic heterocycles. The maximum absolute atomic E-state index is 3.77. The van der Waals surface area contributed by atoms with Gasteiger partial charge in [0, 0.05) is 30.2 Å². The highest BCUT2D eigenvalue weighted by molar-refractivity contribution is 5.08. The Morgan fingerprint density at radius 3 is 1.77 bits per heavy atom. The van der Waals surface area contributed by atoms with E-state index >= 15 is 0 Å². The largest absolute Gasteiger partial charge is 0.311 e. The Morgan fingerprint density at radius 2 is 1.31 bits per heavy atom. The molecule has 0 aromatic carbocycles. The number of nitrogens with zero attached hydrogens (tertiary/aromatic N) is 1. The van der Waals surface area contributed by atoms with Crippen molar-refractivity contribution in [3.05, 3.63) is 0 Å². The van der Waals surface area contributed by atoms with E-state index in [9.17, 15) is 0 Å². The third-order valence-corrected chi connectivity index (χ3v) is 4.51. The van der Waals surface area contributed by atoms with Crippen molar-refractivity contribution in [2.24, 2.45) is 0 Å². The van der Waals surface area contributed by atoms with Gasteiger partial charge in [0.15, 0.2) is 0 Å². The second-order valence-electron chi connectivity index (χ2n) is 5.49. The van der Waals surface area contributed by atoms with Gasteiger partial charge in [-0.2, -0.15) is 0 Å². The van der Waals surface area contributed by atoms with Crippen molar-refractivity contribution in [3.63, 3.8) is 0 Å². The van der Waals surface area contributed by atoms with Crippen LogP contribution in [0.4, 0.5) is 0 Å². The van der Waals surface area contributed by atoms with Gasteiger partial charge in [-0.1, -0.05) is 0 Å². The summed E-state index contributed by atoms with van der Waals surface area (Å²) in [6.07, 6.45) is 8.78. The molecule has 4 saturated heterocycles. The third-order valence-electron chi connectivity index (χ3n) is 4.51. The van der Waals surface area contributed by atoms with Gasteiger partial charge in [0.25, 0.3) is 0 Å². The second kappa shape index (κ2) is 2.29. The molecule has 0 unspecified atom stereocenters. The molecule has 4 heterocycles. The fourth-order valence-electron chi connectivity index (χ4n) is 4.06. The van der Waals surface area contributed by atoms with Crippen LogP contribution in [0.5, 0.6) is 0 Å². The smallest absolute Gasteiger partial charge is 0.0131 e. The Morgan fingerprint density at radius 1 is 0.769 bits per heavy atom. The van der Waals surface area contributed by atoms with E-state index in [0.717, 1.165) is 30.2 Å². The highest BCUT2D eigenvalue weighted by atomic mass is 15.3. The monoisotopic (exact) mass is 178 g/mol. The van der Waals surface area contributed by atoms with Crippen molar-refractivity contribution < 1.29 is 0 Å². The molecule has 5 aliphatic rings. The zero-order valence-corrected chi connectivity index (χ0v) is 8.08. The summed E-state index contributed by atoms with van der Waals surface area (Å²) >= 11 is 0. The van der Waals surface area contributed by atoms with Crippen LogP contribution in [-0.4, -0.2) is 35.1 Å². The van der Waals surface area contributed by atoms with Gasteiger partial charge in [0.1, 0.15) is 0 Å². The highest BCUT2D eigenvalue weighted by Crippen LogP contribution is 2.44. The molecule has 1 saturated carbocycles. The van der Waals surface area contributed by atoms with E-state index in [-0.39, 0.29) is 0 Å². The predicted molar refractivity (Wildman–Crippen MR) is 51.6 cm³/mol. The maximum Gasteiger partial charge on any atom is 0.0131 e. The van der Waals surface area contributed by atoms with Crippen LogP contribution in [0.1, 0.15) is 38.5 Å². The Labute approximate surface area is 79.7 Å². The molecule has 1 aliphatic carbocycles. The minimum Gasteiger partial charge on any atom is -0.311 e. The SMILES string of the molecule is C1CC1N1C2CC3CC1CC(C2)N3. The molecule has 0 atom stereocenters. The highest BCUT2D eigenvalue weighted by Gasteiger charge is 2.50. The van der Waals surface area contributed by atoms with Crippen molar-refractivity contribution in [1.82, 2.24) is 10.2 Å². The zero-order valence-electron chi connectivity index (χ0n) is 8.08. The van der Waals surface area contributed by atoms with Crippen LogP contribution >= 0.6 is 0 Å². The summed E-state index contributed by atoms with van der Waals surface area (Å²) in [6, 6.07) is 4.72. The van der Waals surface area contributed by atoms with E-state index in [0.29, 0.717) is 0 Å². The molecule has 5 rings (SSSR count). The van der Waals surface area contributed by atoms with Crippen LogP contribution in [0.2, 0.25) is 0 Å². The zero-order chi connectivity index (χ0) is 8.41. The summed E-state index contributed by atoms with van der Waals surface area (Å²) in [5.74, 6) is 0. The van der Waals surface area contributed by atoms with Crippen molar-refractivity contribution in [2.75, 3.05) is 0 Å². The lowest BCUT2D eigenvalue weighted by molar-refractivity contribution is -0.0360. The third kappa shape index (κ3) is 0.962. The number of piperidine rings is 4. The molecule has 0 spiro atoms. The summed E-state index contributed by atoms with van der Waals surface area (Å²) in [5, 5.41) is 3.77. The lowest BCUT2D eigenvalue weighted by Gasteiger charge is -2.57. The fraction of sp³-hybridized carbons (Fsp3) is 1.00. The molecule has 1 N–H and O–H groups in total. The van der Waals surface area contributed by atoms with E-state index in [1.54, 1.807) is 0 Å². The van der Waals surface area contributed by atoms with Crippen molar-refractivity contribution in [2.45, 2.75) is 68.7 Å². The lowest BCUT2D eigenvalue weighted by Crippen LogP contribution is -2.67. The van der Waals surface area contributed by atoms with Crippen LogP contribution < -0.4 is 5.32 Å². The molecular formula is C11H18N2. The summed E-state index contributed by atoms with van der Waals surface area (Å²) in [4.78, 5) is 2.90. The van der Waals surface area contributed by atoms with Gasteiger partial charge in [-0.05, 0) is 38.5 Å². The van der Waals surface area contributed by atoms with Gasteiger partial charge in [0.2, 0.25) is 0 Å². The summed E-state index contributed by atoms with van der Waals surface area (Å²) in [5.41, 5.74) is 0. The van der Waals surface area contributed by atoms with Gasteiger partial charge >= 0.3 is 0 Å². The fourth-order valence-corrected chi connectivity index (χ4v) is 4.06. The van der Waals surface area contributed by atoms with Crippen LogP contribution in [-0.2, 0) is 0 Å².